The molecule has 2 aliphatic heterocycles. The zero-order chi connectivity index (χ0) is 44.2. The second kappa shape index (κ2) is 16.2. The molecule has 2 aliphatic rings. The molecule has 0 fully saturated rings. The van der Waals surface area contributed by atoms with Crippen molar-refractivity contribution >= 4 is 46.4 Å². The van der Waals surface area contributed by atoms with Crippen LogP contribution < -0.4 is 0 Å². The van der Waals surface area contributed by atoms with Crippen molar-refractivity contribution in [1.82, 2.24) is 19.9 Å². The van der Waals surface area contributed by atoms with Crippen molar-refractivity contribution < 1.29 is 0 Å². The lowest BCUT2D eigenvalue weighted by Crippen LogP contribution is -2.17. The Hall–Kier alpha value is -5.74. The van der Waals surface area contributed by atoms with Crippen molar-refractivity contribution in [3.8, 4) is 11.1 Å². The SMILES string of the molecule is CC(C)(C)c1cc(CCc2cc(CCc3cc(C(C)(C)C)cc(C(C)(C)C)c3)cc(-c3cc4cc5ccc(cc6nc(cc7nc(cc3[nH]4)C=C7)C=C6)[nH]5)c2)cc(C(C)(C)C)c1. The van der Waals surface area contributed by atoms with Crippen LogP contribution in [0, 0.1) is 0 Å². The van der Waals surface area contributed by atoms with Crippen molar-refractivity contribution in [3.05, 3.63) is 164 Å². The van der Waals surface area contributed by atoms with Gasteiger partial charge in [-0.05, 0) is 164 Å². The lowest BCUT2D eigenvalue weighted by molar-refractivity contribution is 0.566. The van der Waals surface area contributed by atoms with Crippen molar-refractivity contribution in [2.24, 2.45) is 0 Å². The number of aromatic amines is 2. The largest absolute Gasteiger partial charge is 0.355 e. The first kappa shape index (κ1) is 42.9. The van der Waals surface area contributed by atoms with E-state index in [0.717, 1.165) is 70.5 Å². The van der Waals surface area contributed by atoms with Gasteiger partial charge in [-0.1, -0.05) is 138 Å². The molecule has 318 valence electrons. The van der Waals surface area contributed by atoms with E-state index in [2.05, 4.69) is 202 Å². The van der Waals surface area contributed by atoms with Crippen molar-refractivity contribution in [2.45, 2.75) is 130 Å². The van der Waals surface area contributed by atoms with Crippen LogP contribution in [-0.2, 0) is 47.3 Å². The summed E-state index contributed by atoms with van der Waals surface area (Å²) in [7, 11) is 0. The number of aromatic nitrogens is 4. The minimum Gasteiger partial charge on any atom is -0.355 e. The molecule has 4 heteroatoms. The molecular formula is C58H66N4. The number of H-pyrrole nitrogens is 2. The van der Waals surface area contributed by atoms with Gasteiger partial charge in [0.15, 0.2) is 0 Å². The quantitative estimate of drug-likeness (QED) is 0.168. The highest BCUT2D eigenvalue weighted by molar-refractivity contribution is 5.88. The Labute approximate surface area is 370 Å². The molecule has 8 bridgehead atoms. The van der Waals surface area contributed by atoms with Gasteiger partial charge in [0.25, 0.3) is 0 Å². The monoisotopic (exact) mass is 819 g/mol. The van der Waals surface area contributed by atoms with E-state index < -0.39 is 0 Å². The summed E-state index contributed by atoms with van der Waals surface area (Å²) in [6, 6.07) is 37.1. The Morgan fingerprint density at radius 2 is 0.742 bits per heavy atom. The lowest BCUT2D eigenvalue weighted by atomic mass is 9.79. The van der Waals surface area contributed by atoms with E-state index in [9.17, 15) is 0 Å². The van der Waals surface area contributed by atoms with E-state index in [0.29, 0.717) is 0 Å². The Morgan fingerprint density at radius 3 is 1.18 bits per heavy atom. The van der Waals surface area contributed by atoms with E-state index >= 15 is 0 Å². The van der Waals surface area contributed by atoms with Gasteiger partial charge in [-0.25, -0.2) is 9.97 Å². The molecule has 62 heavy (non-hydrogen) atoms. The van der Waals surface area contributed by atoms with Crippen LogP contribution in [0.4, 0.5) is 0 Å². The van der Waals surface area contributed by atoms with Crippen LogP contribution in [-0.4, -0.2) is 19.9 Å². The van der Waals surface area contributed by atoms with Crippen LogP contribution in [0.1, 0.15) is 150 Å². The van der Waals surface area contributed by atoms with Gasteiger partial charge < -0.3 is 9.97 Å². The summed E-state index contributed by atoms with van der Waals surface area (Å²) >= 11 is 0. The first-order valence-electron chi connectivity index (χ1n) is 22.6. The molecule has 3 aromatic carbocycles. The van der Waals surface area contributed by atoms with E-state index in [4.69, 9.17) is 9.97 Å². The summed E-state index contributed by atoms with van der Waals surface area (Å²) in [5.41, 5.74) is 21.6. The molecule has 0 atom stereocenters. The standard InChI is InChI=1S/C58H66N4/c1-55(2,3)42-26-39(27-43(30-42)56(4,5)6)15-13-37-23-38(14-16-40-28-44(57(7,8)9)31-45(29-40)58(10,11)12)25-41(24-37)53-35-52-34-50-20-19-48(60-50)32-46-17-18-47(59-46)33-49-21-22-51(61-49)36-54(53)62-52/h17-36,60,62H,13-16H2,1-12H3. The normalized spacial score (nSPS) is 13.3. The molecule has 4 nitrogen and oxygen atoms in total. The van der Waals surface area contributed by atoms with Crippen LogP contribution in [0.2, 0.25) is 0 Å². The third-order valence-corrected chi connectivity index (χ3v) is 12.4. The number of fused-ring (bicyclic) bond motifs is 8. The summed E-state index contributed by atoms with van der Waals surface area (Å²) < 4.78 is 0. The maximum Gasteiger partial charge on any atom is 0.0659 e. The summed E-state index contributed by atoms with van der Waals surface area (Å²) in [4.78, 5) is 17.2. The third kappa shape index (κ3) is 10.1. The topological polar surface area (TPSA) is 57.4 Å². The summed E-state index contributed by atoms with van der Waals surface area (Å²) in [5, 5.41) is 0. The van der Waals surface area contributed by atoms with Gasteiger partial charge in [-0.15, -0.1) is 0 Å². The number of aryl methyl sites for hydroxylation is 4. The van der Waals surface area contributed by atoms with Gasteiger partial charge in [-0.2, -0.15) is 0 Å². The maximum atomic E-state index is 5.01. The average Bonchev–Trinajstić information content (AvgIpc) is 4.01. The van der Waals surface area contributed by atoms with Crippen molar-refractivity contribution in [2.75, 3.05) is 0 Å². The Bertz CT molecular complexity index is 2720. The molecule has 0 unspecified atom stereocenters. The Morgan fingerprint density at radius 1 is 0.355 bits per heavy atom. The van der Waals surface area contributed by atoms with Crippen molar-refractivity contribution in [1.29, 1.82) is 0 Å². The van der Waals surface area contributed by atoms with Gasteiger partial charge in [0.2, 0.25) is 0 Å². The second-order valence-corrected chi connectivity index (χ2v) is 22.0. The molecular weight excluding hydrogens is 753 g/mol. The molecule has 8 rings (SSSR count). The fraction of sp³-hybridized carbons (Fsp3) is 0.345. The Balaban J connectivity index is 1.25. The van der Waals surface area contributed by atoms with E-state index in [1.807, 2.05) is 12.2 Å². The molecule has 0 saturated carbocycles. The fourth-order valence-electron chi connectivity index (χ4n) is 8.45. The minimum atomic E-state index is 0.0749. The van der Waals surface area contributed by atoms with E-state index in [1.54, 1.807) is 0 Å². The number of nitrogens with zero attached hydrogens (tertiary/aromatic N) is 2. The van der Waals surface area contributed by atoms with Crippen molar-refractivity contribution in [3.63, 3.8) is 0 Å². The lowest BCUT2D eigenvalue weighted by Gasteiger charge is -2.26. The molecule has 0 amide bonds. The van der Waals surface area contributed by atoms with Crippen LogP contribution >= 0.6 is 0 Å². The number of hydrogen-bond acceptors (Lipinski definition) is 2. The van der Waals surface area contributed by atoms with Crippen LogP contribution in [0.5, 0.6) is 0 Å². The molecule has 3 aromatic heterocycles. The first-order valence-corrected chi connectivity index (χ1v) is 22.6. The van der Waals surface area contributed by atoms with Crippen LogP contribution in [0.25, 0.3) is 57.5 Å². The average molecular weight is 819 g/mol. The molecule has 6 aromatic rings. The van der Waals surface area contributed by atoms with E-state index in [1.165, 1.54) is 55.6 Å². The molecule has 0 saturated heterocycles. The van der Waals surface area contributed by atoms with Gasteiger partial charge in [-0.3, -0.25) is 0 Å². The van der Waals surface area contributed by atoms with E-state index in [-0.39, 0.29) is 21.7 Å². The molecule has 5 heterocycles. The maximum absolute atomic E-state index is 5.01. The van der Waals surface area contributed by atoms with Gasteiger partial charge in [0.05, 0.1) is 22.8 Å². The highest BCUT2D eigenvalue weighted by Crippen LogP contribution is 2.35. The zero-order valence-electron chi connectivity index (χ0n) is 39.3. The molecule has 0 radical (unpaired) electrons. The number of benzene rings is 3. The minimum absolute atomic E-state index is 0.0749. The predicted molar refractivity (Wildman–Crippen MR) is 267 cm³/mol. The summed E-state index contributed by atoms with van der Waals surface area (Å²) in [5.74, 6) is 0. The van der Waals surface area contributed by atoms with Gasteiger partial charge in [0, 0.05) is 27.6 Å². The summed E-state index contributed by atoms with van der Waals surface area (Å²) in [6.07, 6.45) is 12.1. The third-order valence-electron chi connectivity index (χ3n) is 12.4. The highest BCUT2D eigenvalue weighted by Gasteiger charge is 2.22. The number of nitrogens with one attached hydrogen (secondary N) is 2. The van der Waals surface area contributed by atoms with Crippen LogP contribution in [0.15, 0.2) is 97.1 Å². The van der Waals surface area contributed by atoms with Crippen LogP contribution in [0.3, 0.4) is 0 Å². The van der Waals surface area contributed by atoms with Gasteiger partial charge >= 0.3 is 0 Å². The summed E-state index contributed by atoms with van der Waals surface area (Å²) in [6.45, 7) is 27.9. The Kier molecular flexibility index (Phi) is 11.2. The zero-order valence-corrected chi connectivity index (χ0v) is 39.3. The smallest absolute Gasteiger partial charge is 0.0659 e. The fourth-order valence-corrected chi connectivity index (χ4v) is 8.45. The van der Waals surface area contributed by atoms with Gasteiger partial charge in [0.1, 0.15) is 0 Å². The molecule has 0 spiro atoms. The number of rotatable bonds is 7. The second-order valence-electron chi connectivity index (χ2n) is 22.0. The molecule has 0 aliphatic carbocycles. The highest BCUT2D eigenvalue weighted by atomic mass is 14.8. The molecule has 2 N–H and O–H groups in total. The number of hydrogen-bond donors (Lipinski definition) is 2. The predicted octanol–water partition coefficient (Wildman–Crippen LogP) is 15.1. The first-order chi connectivity index (χ1) is 29.1.